The van der Waals surface area contributed by atoms with Gasteiger partial charge in [-0.05, 0) is 87.4 Å². The molecule has 2 saturated heterocycles. The fourth-order valence-electron chi connectivity index (χ4n) is 4.74. The summed E-state index contributed by atoms with van der Waals surface area (Å²) in [4.78, 5) is 27.9. The van der Waals surface area contributed by atoms with E-state index >= 15 is 0 Å². The average molecular weight is 500 g/mol. The highest BCUT2D eigenvalue weighted by Gasteiger charge is 2.35. The number of rotatable bonds is 7. The first-order valence-electron chi connectivity index (χ1n) is 12.1. The molecule has 2 atom stereocenters. The zero-order valence-corrected chi connectivity index (χ0v) is 21.3. The van der Waals surface area contributed by atoms with Crippen LogP contribution in [0.15, 0.2) is 41.3 Å². The Morgan fingerprint density at radius 2 is 1.80 bits per heavy atom. The van der Waals surface area contributed by atoms with Crippen LogP contribution in [0.25, 0.3) is 0 Å². The second-order valence-electron chi connectivity index (χ2n) is 9.43. The van der Waals surface area contributed by atoms with E-state index < -0.39 is 16.1 Å². The van der Waals surface area contributed by atoms with Gasteiger partial charge in [0.15, 0.2) is 0 Å². The first kappa shape index (κ1) is 25.2. The minimum atomic E-state index is -3.84. The summed E-state index contributed by atoms with van der Waals surface area (Å²) in [6.45, 7) is 7.23. The molecule has 0 spiro atoms. The van der Waals surface area contributed by atoms with E-state index in [1.54, 1.807) is 36.1 Å². The number of ether oxygens (including phenoxy) is 1. The Morgan fingerprint density at radius 1 is 1.03 bits per heavy atom. The van der Waals surface area contributed by atoms with Crippen molar-refractivity contribution >= 4 is 27.5 Å². The van der Waals surface area contributed by atoms with Crippen molar-refractivity contribution in [1.82, 2.24) is 10.2 Å². The zero-order valence-electron chi connectivity index (χ0n) is 20.5. The fourth-order valence-corrected chi connectivity index (χ4v) is 6.10. The lowest BCUT2D eigenvalue weighted by molar-refractivity contribution is -0.125. The Hall–Kier alpha value is -2.91. The molecule has 2 aromatic rings. The number of benzene rings is 2. The van der Waals surface area contributed by atoms with Crippen molar-refractivity contribution in [2.75, 3.05) is 24.4 Å². The molecule has 2 heterocycles. The average Bonchev–Trinajstić information content (AvgIpc) is 3.51. The Bertz CT molecular complexity index is 1220. The quantitative estimate of drug-likeness (QED) is 0.608. The number of aryl methyl sites for hydroxylation is 3. The van der Waals surface area contributed by atoms with Crippen LogP contribution in [-0.4, -0.2) is 57.0 Å². The molecule has 0 aromatic heterocycles. The molecule has 4 rings (SSSR count). The lowest BCUT2D eigenvalue weighted by Gasteiger charge is -2.25. The number of carbonyl (C=O) groups is 2. The van der Waals surface area contributed by atoms with Crippen molar-refractivity contribution in [3.63, 3.8) is 0 Å². The third kappa shape index (κ3) is 5.67. The van der Waals surface area contributed by atoms with Crippen molar-refractivity contribution in [3.05, 3.63) is 58.7 Å². The third-order valence-corrected chi connectivity index (χ3v) is 8.31. The highest BCUT2D eigenvalue weighted by molar-refractivity contribution is 7.92. The summed E-state index contributed by atoms with van der Waals surface area (Å²) >= 11 is 0. The lowest BCUT2D eigenvalue weighted by Crippen LogP contribution is -2.47. The molecular weight excluding hydrogens is 466 g/mol. The minimum absolute atomic E-state index is 0.0372. The second kappa shape index (κ2) is 10.4. The van der Waals surface area contributed by atoms with Gasteiger partial charge in [0, 0.05) is 30.9 Å². The standard InChI is InChI=1S/C26H33N3O5S/c1-17-13-19(3)24(14-18(17)2)35(32,33)28-21-8-4-7-20(15-21)26(31)29-11-5-10-23(29)25(30)27-16-22-9-6-12-34-22/h4,7-8,13-15,22-23,28H,5-6,9-12,16H2,1-3H3,(H,27,30)/t22-,23+/m0/s1. The Labute approximate surface area is 207 Å². The molecule has 8 nitrogen and oxygen atoms in total. The van der Waals surface area contributed by atoms with Gasteiger partial charge in [0.25, 0.3) is 15.9 Å². The second-order valence-corrected chi connectivity index (χ2v) is 11.1. The molecule has 2 amide bonds. The van der Waals surface area contributed by atoms with Crippen LogP contribution in [0.1, 0.15) is 52.7 Å². The van der Waals surface area contributed by atoms with Gasteiger partial charge in [0.1, 0.15) is 6.04 Å². The maximum Gasteiger partial charge on any atom is 0.262 e. The molecular formula is C26H33N3O5S. The number of nitrogens with zero attached hydrogens (tertiary/aromatic N) is 1. The van der Waals surface area contributed by atoms with Crippen LogP contribution in [0, 0.1) is 20.8 Å². The third-order valence-electron chi connectivity index (χ3n) is 6.79. The number of amides is 2. The molecule has 2 fully saturated rings. The van der Waals surface area contributed by atoms with Crippen LogP contribution in [0.5, 0.6) is 0 Å². The number of sulfonamides is 1. The summed E-state index contributed by atoms with van der Waals surface area (Å²) < 4.78 is 34.3. The van der Waals surface area contributed by atoms with Gasteiger partial charge >= 0.3 is 0 Å². The summed E-state index contributed by atoms with van der Waals surface area (Å²) in [6, 6.07) is 9.38. The number of hydrogen-bond donors (Lipinski definition) is 2. The van der Waals surface area contributed by atoms with Crippen molar-refractivity contribution in [1.29, 1.82) is 0 Å². The van der Waals surface area contributed by atoms with E-state index in [2.05, 4.69) is 10.0 Å². The zero-order chi connectivity index (χ0) is 25.2. The van der Waals surface area contributed by atoms with Gasteiger partial charge in [-0.2, -0.15) is 0 Å². The molecule has 35 heavy (non-hydrogen) atoms. The van der Waals surface area contributed by atoms with Crippen molar-refractivity contribution in [3.8, 4) is 0 Å². The van der Waals surface area contributed by atoms with E-state index in [-0.39, 0.29) is 22.8 Å². The SMILES string of the molecule is Cc1cc(C)c(S(=O)(=O)Nc2cccc(C(=O)N3CCC[C@@H]3C(=O)NC[C@@H]3CCCO3)c2)cc1C. The van der Waals surface area contributed by atoms with Gasteiger partial charge in [-0.1, -0.05) is 12.1 Å². The summed E-state index contributed by atoms with van der Waals surface area (Å²) in [6.07, 6.45) is 3.30. The predicted molar refractivity (Wildman–Crippen MR) is 134 cm³/mol. The van der Waals surface area contributed by atoms with Crippen molar-refractivity contribution in [2.45, 2.75) is 63.5 Å². The van der Waals surface area contributed by atoms with Crippen LogP contribution in [-0.2, 0) is 19.6 Å². The molecule has 2 N–H and O–H groups in total. The van der Waals surface area contributed by atoms with E-state index in [9.17, 15) is 18.0 Å². The molecule has 188 valence electrons. The normalized spacial score (nSPS) is 20.1. The Kier molecular flexibility index (Phi) is 7.47. The fraction of sp³-hybridized carbons (Fsp3) is 0.462. The van der Waals surface area contributed by atoms with Crippen LogP contribution < -0.4 is 10.0 Å². The van der Waals surface area contributed by atoms with Crippen LogP contribution in [0.2, 0.25) is 0 Å². The Balaban J connectivity index is 1.47. The monoisotopic (exact) mass is 499 g/mol. The van der Waals surface area contributed by atoms with E-state index in [1.165, 1.54) is 6.07 Å². The largest absolute Gasteiger partial charge is 0.376 e. The highest BCUT2D eigenvalue weighted by atomic mass is 32.2. The number of carbonyl (C=O) groups excluding carboxylic acids is 2. The molecule has 0 saturated carbocycles. The predicted octanol–water partition coefficient (Wildman–Crippen LogP) is 3.31. The van der Waals surface area contributed by atoms with E-state index in [0.717, 1.165) is 37.0 Å². The topological polar surface area (TPSA) is 105 Å². The highest BCUT2D eigenvalue weighted by Crippen LogP contribution is 2.25. The number of anilines is 1. The number of likely N-dealkylation sites (tertiary alicyclic amines) is 1. The van der Waals surface area contributed by atoms with Crippen molar-refractivity contribution < 1.29 is 22.7 Å². The van der Waals surface area contributed by atoms with Gasteiger partial charge < -0.3 is 15.0 Å². The summed E-state index contributed by atoms with van der Waals surface area (Å²) in [7, 11) is -3.84. The molecule has 2 aliphatic heterocycles. The van der Waals surface area contributed by atoms with Crippen LogP contribution >= 0.6 is 0 Å². The molecule has 2 aliphatic rings. The summed E-state index contributed by atoms with van der Waals surface area (Å²) in [5.74, 6) is -0.461. The van der Waals surface area contributed by atoms with E-state index in [0.29, 0.717) is 36.3 Å². The van der Waals surface area contributed by atoms with Gasteiger partial charge in [-0.3, -0.25) is 14.3 Å². The van der Waals surface area contributed by atoms with E-state index in [1.807, 2.05) is 19.9 Å². The van der Waals surface area contributed by atoms with E-state index in [4.69, 9.17) is 4.74 Å². The molecule has 0 radical (unpaired) electrons. The maximum atomic E-state index is 13.3. The van der Waals surface area contributed by atoms with Gasteiger partial charge in [-0.25, -0.2) is 8.42 Å². The lowest BCUT2D eigenvalue weighted by atomic mass is 10.1. The first-order chi connectivity index (χ1) is 16.7. The maximum absolute atomic E-state index is 13.3. The van der Waals surface area contributed by atoms with Gasteiger partial charge in [0.05, 0.1) is 11.0 Å². The molecule has 2 aromatic carbocycles. The summed E-state index contributed by atoms with van der Waals surface area (Å²) in [5.41, 5.74) is 3.20. The van der Waals surface area contributed by atoms with Gasteiger partial charge in [-0.15, -0.1) is 0 Å². The minimum Gasteiger partial charge on any atom is -0.376 e. The van der Waals surface area contributed by atoms with Crippen LogP contribution in [0.4, 0.5) is 5.69 Å². The van der Waals surface area contributed by atoms with Crippen molar-refractivity contribution in [2.24, 2.45) is 0 Å². The smallest absolute Gasteiger partial charge is 0.262 e. The molecule has 9 heteroatoms. The summed E-state index contributed by atoms with van der Waals surface area (Å²) in [5, 5.41) is 2.93. The molecule has 0 unspecified atom stereocenters. The first-order valence-corrected chi connectivity index (χ1v) is 13.5. The molecule has 0 bridgehead atoms. The van der Waals surface area contributed by atoms with Gasteiger partial charge in [0.2, 0.25) is 5.91 Å². The number of hydrogen-bond acceptors (Lipinski definition) is 5. The van der Waals surface area contributed by atoms with Crippen LogP contribution in [0.3, 0.4) is 0 Å². The number of nitrogens with one attached hydrogen (secondary N) is 2. The Morgan fingerprint density at radius 3 is 2.54 bits per heavy atom. The molecule has 0 aliphatic carbocycles.